The van der Waals surface area contributed by atoms with Crippen LogP contribution in [-0.2, 0) is 4.79 Å². The van der Waals surface area contributed by atoms with E-state index in [1.54, 1.807) is 0 Å². The van der Waals surface area contributed by atoms with E-state index in [1.807, 2.05) is 4.90 Å². The van der Waals surface area contributed by atoms with Gasteiger partial charge in [-0.1, -0.05) is 13.8 Å². The number of carbonyl (C=O) groups excluding carboxylic acids is 1. The summed E-state index contributed by atoms with van der Waals surface area (Å²) in [6.07, 6.45) is 3.14. The van der Waals surface area contributed by atoms with E-state index >= 15 is 0 Å². The van der Waals surface area contributed by atoms with Crippen molar-refractivity contribution < 1.29 is 9.90 Å². The Morgan fingerprint density at radius 3 is 2.73 bits per heavy atom. The molecule has 3 nitrogen and oxygen atoms in total. The molecular formula is C12H21NO2. The molecule has 0 spiro atoms. The SMILES string of the molecule is CC1(C)CC1C(=O)N1CCCC(CO)C1. The van der Waals surface area contributed by atoms with Gasteiger partial charge in [-0.25, -0.2) is 0 Å². The van der Waals surface area contributed by atoms with Gasteiger partial charge < -0.3 is 10.0 Å². The Bertz CT molecular complexity index is 262. The van der Waals surface area contributed by atoms with Crippen LogP contribution in [-0.4, -0.2) is 35.6 Å². The smallest absolute Gasteiger partial charge is 0.226 e. The Balaban J connectivity index is 1.91. The van der Waals surface area contributed by atoms with Crippen LogP contribution >= 0.6 is 0 Å². The van der Waals surface area contributed by atoms with E-state index in [9.17, 15) is 4.79 Å². The van der Waals surface area contributed by atoms with Crippen LogP contribution in [0.1, 0.15) is 33.1 Å². The Morgan fingerprint density at radius 2 is 2.20 bits per heavy atom. The Kier molecular flexibility index (Phi) is 2.75. The van der Waals surface area contributed by atoms with Gasteiger partial charge in [-0.15, -0.1) is 0 Å². The molecule has 0 radical (unpaired) electrons. The molecule has 2 fully saturated rings. The molecule has 1 heterocycles. The largest absolute Gasteiger partial charge is 0.396 e. The molecule has 1 N–H and O–H groups in total. The van der Waals surface area contributed by atoms with E-state index in [4.69, 9.17) is 5.11 Å². The summed E-state index contributed by atoms with van der Waals surface area (Å²) in [7, 11) is 0. The van der Waals surface area contributed by atoms with Crippen LogP contribution in [0.25, 0.3) is 0 Å². The van der Waals surface area contributed by atoms with Gasteiger partial charge >= 0.3 is 0 Å². The first-order valence-corrected chi connectivity index (χ1v) is 5.94. The highest BCUT2D eigenvalue weighted by atomic mass is 16.3. The van der Waals surface area contributed by atoms with Crippen molar-refractivity contribution in [3.63, 3.8) is 0 Å². The first kappa shape index (κ1) is 10.9. The summed E-state index contributed by atoms with van der Waals surface area (Å²) < 4.78 is 0. The van der Waals surface area contributed by atoms with Crippen molar-refractivity contribution >= 4 is 5.91 Å². The summed E-state index contributed by atoms with van der Waals surface area (Å²) in [5.41, 5.74) is 0.225. The number of rotatable bonds is 2. The highest BCUT2D eigenvalue weighted by Gasteiger charge is 2.52. The molecule has 1 amide bonds. The number of amides is 1. The number of carbonyl (C=O) groups is 1. The van der Waals surface area contributed by atoms with Crippen molar-refractivity contribution in [2.24, 2.45) is 17.3 Å². The molecule has 2 rings (SSSR count). The number of hydrogen-bond donors (Lipinski definition) is 1. The van der Waals surface area contributed by atoms with Crippen molar-refractivity contribution in [2.75, 3.05) is 19.7 Å². The van der Waals surface area contributed by atoms with Gasteiger partial charge in [0.25, 0.3) is 0 Å². The number of aliphatic hydroxyl groups is 1. The summed E-state index contributed by atoms with van der Waals surface area (Å²) in [6, 6.07) is 0. The van der Waals surface area contributed by atoms with Crippen LogP contribution in [0.2, 0.25) is 0 Å². The van der Waals surface area contributed by atoms with Crippen molar-refractivity contribution in [1.29, 1.82) is 0 Å². The fourth-order valence-corrected chi connectivity index (χ4v) is 2.52. The first-order valence-electron chi connectivity index (χ1n) is 5.94. The zero-order valence-electron chi connectivity index (χ0n) is 9.70. The van der Waals surface area contributed by atoms with Gasteiger partial charge in [0.1, 0.15) is 0 Å². The first-order chi connectivity index (χ1) is 7.04. The van der Waals surface area contributed by atoms with Gasteiger partial charge in [0.15, 0.2) is 0 Å². The molecule has 86 valence electrons. The van der Waals surface area contributed by atoms with E-state index in [1.165, 1.54) is 0 Å². The third kappa shape index (κ3) is 2.17. The second-order valence-corrected chi connectivity index (χ2v) is 5.72. The van der Waals surface area contributed by atoms with Crippen LogP contribution < -0.4 is 0 Å². The molecule has 2 aliphatic rings. The van der Waals surface area contributed by atoms with E-state index in [0.717, 1.165) is 32.4 Å². The molecule has 15 heavy (non-hydrogen) atoms. The molecule has 0 aromatic rings. The van der Waals surface area contributed by atoms with E-state index in [2.05, 4.69) is 13.8 Å². The van der Waals surface area contributed by atoms with Gasteiger partial charge in [0, 0.05) is 25.6 Å². The fraction of sp³-hybridized carbons (Fsp3) is 0.917. The summed E-state index contributed by atoms with van der Waals surface area (Å²) in [5.74, 6) is 0.873. The molecule has 3 heteroatoms. The van der Waals surface area contributed by atoms with Crippen LogP contribution in [0.4, 0.5) is 0 Å². The quantitative estimate of drug-likeness (QED) is 0.747. The van der Waals surface area contributed by atoms with E-state index in [0.29, 0.717) is 11.8 Å². The summed E-state index contributed by atoms with van der Waals surface area (Å²) in [6.45, 7) is 6.19. The predicted octanol–water partition coefficient (Wildman–Crippen LogP) is 1.26. The topological polar surface area (TPSA) is 40.5 Å². The molecule has 0 aromatic carbocycles. The van der Waals surface area contributed by atoms with Gasteiger partial charge in [-0.2, -0.15) is 0 Å². The summed E-state index contributed by atoms with van der Waals surface area (Å²) in [5, 5.41) is 9.11. The summed E-state index contributed by atoms with van der Waals surface area (Å²) >= 11 is 0. The lowest BCUT2D eigenvalue weighted by Gasteiger charge is -2.32. The number of piperidine rings is 1. The predicted molar refractivity (Wildman–Crippen MR) is 58.3 cm³/mol. The lowest BCUT2D eigenvalue weighted by molar-refractivity contribution is -0.135. The van der Waals surface area contributed by atoms with Crippen LogP contribution in [0.3, 0.4) is 0 Å². The second-order valence-electron chi connectivity index (χ2n) is 5.72. The Labute approximate surface area is 91.5 Å². The highest BCUT2D eigenvalue weighted by molar-refractivity contribution is 5.82. The van der Waals surface area contributed by atoms with Crippen LogP contribution in [0.5, 0.6) is 0 Å². The average Bonchev–Trinajstić information content (AvgIpc) is 2.87. The monoisotopic (exact) mass is 211 g/mol. The van der Waals surface area contributed by atoms with Crippen molar-refractivity contribution in [3.05, 3.63) is 0 Å². The molecule has 2 unspecified atom stereocenters. The lowest BCUT2D eigenvalue weighted by atomic mass is 9.98. The van der Waals surface area contributed by atoms with Gasteiger partial charge in [-0.05, 0) is 30.6 Å². The van der Waals surface area contributed by atoms with Crippen LogP contribution in [0, 0.1) is 17.3 Å². The number of aliphatic hydroxyl groups excluding tert-OH is 1. The minimum absolute atomic E-state index is 0.220. The second kappa shape index (κ2) is 3.78. The molecule has 1 aliphatic heterocycles. The van der Waals surface area contributed by atoms with E-state index < -0.39 is 0 Å². The average molecular weight is 211 g/mol. The normalized spacial score (nSPS) is 33.9. The Hall–Kier alpha value is -0.570. The molecule has 1 saturated heterocycles. The van der Waals surface area contributed by atoms with Crippen molar-refractivity contribution in [1.82, 2.24) is 4.90 Å². The summed E-state index contributed by atoms with van der Waals surface area (Å²) in [4.78, 5) is 14.0. The molecule has 1 aliphatic carbocycles. The number of nitrogens with zero attached hydrogens (tertiary/aromatic N) is 1. The van der Waals surface area contributed by atoms with Crippen molar-refractivity contribution in [2.45, 2.75) is 33.1 Å². The fourth-order valence-electron chi connectivity index (χ4n) is 2.52. The minimum Gasteiger partial charge on any atom is -0.396 e. The van der Waals surface area contributed by atoms with Gasteiger partial charge in [0.2, 0.25) is 5.91 Å². The zero-order chi connectivity index (χ0) is 11.1. The third-order valence-corrected chi connectivity index (χ3v) is 3.90. The van der Waals surface area contributed by atoms with Gasteiger partial charge in [-0.3, -0.25) is 4.79 Å². The maximum atomic E-state index is 12.1. The van der Waals surface area contributed by atoms with E-state index in [-0.39, 0.29) is 17.9 Å². The minimum atomic E-state index is 0.220. The highest BCUT2D eigenvalue weighted by Crippen LogP contribution is 2.52. The molecule has 0 bridgehead atoms. The van der Waals surface area contributed by atoms with Crippen LogP contribution in [0.15, 0.2) is 0 Å². The van der Waals surface area contributed by atoms with Crippen molar-refractivity contribution in [3.8, 4) is 0 Å². The standard InChI is InChI=1S/C12H21NO2/c1-12(2)6-10(12)11(15)13-5-3-4-9(7-13)8-14/h9-10,14H,3-8H2,1-2H3. The maximum absolute atomic E-state index is 12.1. The third-order valence-electron chi connectivity index (χ3n) is 3.90. The maximum Gasteiger partial charge on any atom is 0.226 e. The zero-order valence-corrected chi connectivity index (χ0v) is 9.70. The van der Waals surface area contributed by atoms with Gasteiger partial charge in [0.05, 0.1) is 0 Å². The molecule has 1 saturated carbocycles. The Morgan fingerprint density at radius 1 is 1.53 bits per heavy atom. The number of hydrogen-bond acceptors (Lipinski definition) is 2. The lowest BCUT2D eigenvalue weighted by Crippen LogP contribution is -2.42. The number of likely N-dealkylation sites (tertiary alicyclic amines) is 1. The molecule has 2 atom stereocenters. The molecular weight excluding hydrogens is 190 g/mol. The molecule has 0 aromatic heterocycles.